The Hall–Kier alpha value is -3.02. The van der Waals surface area contributed by atoms with E-state index >= 15 is 0 Å². The molecule has 0 bridgehead atoms. The average Bonchev–Trinajstić information content (AvgIpc) is 2.68. The number of nitrogens with one attached hydrogen (secondary N) is 1. The number of benzene rings is 2. The molecule has 0 spiro atoms. The Morgan fingerprint density at radius 3 is 2.36 bits per heavy atom. The largest absolute Gasteiger partial charge is 0.496 e. The van der Waals surface area contributed by atoms with E-state index in [1.54, 1.807) is 30.2 Å². The molecule has 2 aromatic rings. The summed E-state index contributed by atoms with van der Waals surface area (Å²) in [6.45, 7) is 3.09. The van der Waals surface area contributed by atoms with Crippen molar-refractivity contribution in [1.82, 2.24) is 4.90 Å². The van der Waals surface area contributed by atoms with Crippen LogP contribution in [0.25, 0.3) is 0 Å². The molecule has 0 unspecified atom stereocenters. The molecule has 0 aromatic heterocycles. The lowest BCUT2D eigenvalue weighted by Crippen LogP contribution is -2.45. The topological polar surface area (TPSA) is 61.9 Å². The van der Waals surface area contributed by atoms with Gasteiger partial charge in [0, 0.05) is 37.6 Å². The highest BCUT2D eigenvalue weighted by atomic mass is 16.5. The summed E-state index contributed by atoms with van der Waals surface area (Å²) < 4.78 is 5.22. The summed E-state index contributed by atoms with van der Waals surface area (Å²) in [5.41, 5.74) is 2.31. The minimum Gasteiger partial charge on any atom is -0.496 e. The predicted molar refractivity (Wildman–Crippen MR) is 97.2 cm³/mol. The van der Waals surface area contributed by atoms with Crippen LogP contribution in [0.2, 0.25) is 0 Å². The van der Waals surface area contributed by atoms with Crippen molar-refractivity contribution in [2.24, 2.45) is 0 Å². The predicted octanol–water partition coefficient (Wildman–Crippen LogP) is 2.23. The van der Waals surface area contributed by atoms with Gasteiger partial charge in [-0.05, 0) is 36.4 Å². The van der Waals surface area contributed by atoms with Crippen molar-refractivity contribution in [2.45, 2.75) is 0 Å². The molecule has 0 saturated carbocycles. The van der Waals surface area contributed by atoms with E-state index in [4.69, 9.17) is 4.74 Å². The van der Waals surface area contributed by atoms with Crippen LogP contribution >= 0.6 is 0 Å². The van der Waals surface area contributed by atoms with E-state index in [1.165, 1.54) is 0 Å². The quantitative estimate of drug-likeness (QED) is 0.849. The lowest BCUT2D eigenvalue weighted by atomic mass is 10.1. The van der Waals surface area contributed by atoms with E-state index < -0.39 is 0 Å². The molecule has 3 rings (SSSR count). The fourth-order valence-corrected chi connectivity index (χ4v) is 2.87. The molecule has 130 valence electrons. The molecule has 1 aliphatic rings. The molecule has 0 radical (unpaired) electrons. The zero-order valence-corrected chi connectivity index (χ0v) is 14.1. The van der Waals surface area contributed by atoms with Gasteiger partial charge in [0.25, 0.3) is 5.91 Å². The molecular weight excluding hydrogens is 318 g/mol. The highest BCUT2D eigenvalue weighted by Gasteiger charge is 2.16. The van der Waals surface area contributed by atoms with E-state index in [9.17, 15) is 9.59 Å². The molecule has 1 N–H and O–H groups in total. The summed E-state index contributed by atoms with van der Waals surface area (Å²) in [5, 5.41) is 2.89. The fraction of sp³-hybridized carbons (Fsp3) is 0.263. The van der Waals surface area contributed by atoms with Gasteiger partial charge in [0.05, 0.1) is 12.7 Å². The van der Waals surface area contributed by atoms with Crippen LogP contribution in [0.4, 0.5) is 11.4 Å². The maximum atomic E-state index is 12.4. The van der Waals surface area contributed by atoms with Crippen LogP contribution < -0.4 is 15.0 Å². The van der Waals surface area contributed by atoms with Crippen LogP contribution in [0.5, 0.6) is 5.75 Å². The molecule has 0 atom stereocenters. The van der Waals surface area contributed by atoms with Crippen molar-refractivity contribution in [1.29, 1.82) is 0 Å². The number of hydrogen-bond donors (Lipinski definition) is 1. The van der Waals surface area contributed by atoms with Crippen molar-refractivity contribution in [3.63, 3.8) is 0 Å². The molecule has 0 aliphatic carbocycles. The standard InChI is InChI=1S/C19H21N3O3/c1-25-18-5-3-2-4-17(18)19(24)20-15-6-8-16(9-7-15)22-12-10-21(14-23)11-13-22/h2-9,14H,10-13H2,1H3,(H,20,24). The van der Waals surface area contributed by atoms with Crippen LogP contribution in [-0.2, 0) is 4.79 Å². The second kappa shape index (κ2) is 7.70. The Morgan fingerprint density at radius 2 is 1.72 bits per heavy atom. The third kappa shape index (κ3) is 3.91. The Morgan fingerprint density at radius 1 is 1.04 bits per heavy atom. The third-order valence-corrected chi connectivity index (χ3v) is 4.31. The van der Waals surface area contributed by atoms with Crippen LogP contribution in [-0.4, -0.2) is 50.5 Å². The average molecular weight is 339 g/mol. The van der Waals surface area contributed by atoms with Crippen molar-refractivity contribution in [3.05, 3.63) is 54.1 Å². The number of carbonyl (C=O) groups excluding carboxylic acids is 2. The molecule has 1 saturated heterocycles. The molecule has 2 amide bonds. The van der Waals surface area contributed by atoms with Crippen molar-refractivity contribution >= 4 is 23.7 Å². The Bertz CT molecular complexity index is 738. The van der Waals surface area contributed by atoms with Gasteiger partial charge in [-0.1, -0.05) is 12.1 Å². The van der Waals surface area contributed by atoms with Gasteiger partial charge in [0.1, 0.15) is 5.75 Å². The van der Waals surface area contributed by atoms with E-state index in [0.29, 0.717) is 11.3 Å². The second-order valence-corrected chi connectivity index (χ2v) is 5.83. The van der Waals surface area contributed by atoms with E-state index in [1.807, 2.05) is 30.3 Å². The monoisotopic (exact) mass is 339 g/mol. The summed E-state index contributed by atoms with van der Waals surface area (Å²) in [5.74, 6) is 0.342. The van der Waals surface area contributed by atoms with Gasteiger partial charge in [-0.15, -0.1) is 0 Å². The molecule has 1 heterocycles. The minimum absolute atomic E-state index is 0.204. The zero-order valence-electron chi connectivity index (χ0n) is 14.1. The van der Waals surface area contributed by atoms with Gasteiger partial charge in [0.15, 0.2) is 0 Å². The maximum absolute atomic E-state index is 12.4. The smallest absolute Gasteiger partial charge is 0.259 e. The van der Waals surface area contributed by atoms with Crippen molar-refractivity contribution in [2.75, 3.05) is 43.5 Å². The van der Waals surface area contributed by atoms with Gasteiger partial charge >= 0.3 is 0 Å². The highest BCUT2D eigenvalue weighted by Crippen LogP contribution is 2.22. The van der Waals surface area contributed by atoms with E-state index in [0.717, 1.165) is 44.0 Å². The van der Waals surface area contributed by atoms with Crippen molar-refractivity contribution < 1.29 is 14.3 Å². The SMILES string of the molecule is COc1ccccc1C(=O)Nc1ccc(N2CCN(C=O)CC2)cc1. The minimum atomic E-state index is -0.204. The summed E-state index contributed by atoms with van der Waals surface area (Å²) >= 11 is 0. The second-order valence-electron chi connectivity index (χ2n) is 5.83. The molecule has 1 fully saturated rings. The van der Waals surface area contributed by atoms with Gasteiger partial charge in [-0.2, -0.15) is 0 Å². The van der Waals surface area contributed by atoms with Crippen LogP contribution in [0, 0.1) is 0 Å². The Balaban J connectivity index is 1.65. The lowest BCUT2D eigenvalue weighted by molar-refractivity contribution is -0.118. The first-order valence-electron chi connectivity index (χ1n) is 8.20. The first-order chi connectivity index (χ1) is 12.2. The van der Waals surface area contributed by atoms with Gasteiger partial charge in [-0.25, -0.2) is 0 Å². The molecule has 6 nitrogen and oxygen atoms in total. The Kier molecular flexibility index (Phi) is 5.18. The summed E-state index contributed by atoms with van der Waals surface area (Å²) in [6.07, 6.45) is 0.897. The summed E-state index contributed by atoms with van der Waals surface area (Å²) in [7, 11) is 1.55. The third-order valence-electron chi connectivity index (χ3n) is 4.31. The number of methoxy groups -OCH3 is 1. The Labute approximate surface area is 147 Å². The van der Waals surface area contributed by atoms with Crippen LogP contribution in [0.15, 0.2) is 48.5 Å². The normalized spacial score (nSPS) is 14.1. The molecule has 1 aliphatic heterocycles. The zero-order chi connectivity index (χ0) is 17.6. The van der Waals surface area contributed by atoms with Gasteiger partial charge in [-0.3, -0.25) is 9.59 Å². The molecule has 2 aromatic carbocycles. The van der Waals surface area contributed by atoms with Crippen LogP contribution in [0.1, 0.15) is 10.4 Å². The number of piperazine rings is 1. The molecule has 25 heavy (non-hydrogen) atoms. The van der Waals surface area contributed by atoms with Gasteiger partial charge in [0.2, 0.25) is 6.41 Å². The number of amides is 2. The highest BCUT2D eigenvalue weighted by molar-refractivity contribution is 6.06. The summed E-state index contributed by atoms with van der Waals surface area (Å²) in [4.78, 5) is 27.2. The van der Waals surface area contributed by atoms with E-state index in [2.05, 4.69) is 10.2 Å². The summed E-state index contributed by atoms with van der Waals surface area (Å²) in [6, 6.07) is 14.9. The molecule has 6 heteroatoms. The number of ether oxygens (including phenoxy) is 1. The van der Waals surface area contributed by atoms with Crippen molar-refractivity contribution in [3.8, 4) is 5.75 Å². The van der Waals surface area contributed by atoms with Crippen LogP contribution in [0.3, 0.4) is 0 Å². The fourth-order valence-electron chi connectivity index (χ4n) is 2.87. The number of carbonyl (C=O) groups is 2. The first kappa shape index (κ1) is 16.8. The first-order valence-corrected chi connectivity index (χ1v) is 8.20. The number of anilines is 2. The number of rotatable bonds is 5. The van der Waals surface area contributed by atoms with E-state index in [-0.39, 0.29) is 5.91 Å². The maximum Gasteiger partial charge on any atom is 0.259 e. The van der Waals surface area contributed by atoms with Gasteiger partial charge < -0.3 is 19.9 Å². The number of nitrogens with zero attached hydrogens (tertiary/aromatic N) is 2. The lowest BCUT2D eigenvalue weighted by Gasteiger charge is -2.34. The number of para-hydroxylation sites is 1. The molecular formula is C19H21N3O3. The number of hydrogen-bond acceptors (Lipinski definition) is 4.